The molecule has 0 unspecified atom stereocenters. The number of hydrogen-bond donors (Lipinski definition) is 1. The zero-order valence-electron chi connectivity index (χ0n) is 16.4. The van der Waals surface area contributed by atoms with Crippen LogP contribution in [-0.2, 0) is 20.0 Å². The van der Waals surface area contributed by atoms with Crippen LogP contribution in [0.3, 0.4) is 0 Å². The van der Waals surface area contributed by atoms with Crippen molar-refractivity contribution in [2.45, 2.75) is 19.6 Å². The van der Waals surface area contributed by atoms with Gasteiger partial charge in [-0.05, 0) is 30.2 Å². The van der Waals surface area contributed by atoms with Crippen molar-refractivity contribution in [3.8, 4) is 11.5 Å². The number of alkyl halides is 2. The Hall–Kier alpha value is -2.48. The van der Waals surface area contributed by atoms with Crippen LogP contribution >= 0.6 is 11.6 Å². The highest BCUT2D eigenvalue weighted by Gasteiger charge is 2.12. The van der Waals surface area contributed by atoms with Gasteiger partial charge in [0, 0.05) is 39.6 Å². The number of methoxy groups -OCH3 is 1. The lowest BCUT2D eigenvalue weighted by Gasteiger charge is -2.22. The van der Waals surface area contributed by atoms with Gasteiger partial charge >= 0.3 is 6.61 Å². The molecule has 0 aliphatic heterocycles. The van der Waals surface area contributed by atoms with Crippen LogP contribution in [0, 0.1) is 0 Å². The third kappa shape index (κ3) is 6.02. The van der Waals surface area contributed by atoms with Crippen LogP contribution in [-0.4, -0.2) is 49.8 Å². The molecule has 0 aliphatic carbocycles. The lowest BCUT2D eigenvalue weighted by atomic mass is 10.1. The number of aliphatic imine (C=N–C) groups is 1. The van der Waals surface area contributed by atoms with E-state index in [1.807, 2.05) is 41.9 Å². The number of rotatable bonds is 8. The van der Waals surface area contributed by atoms with Crippen LogP contribution < -0.4 is 14.8 Å². The van der Waals surface area contributed by atoms with Crippen molar-refractivity contribution < 1.29 is 18.3 Å². The summed E-state index contributed by atoms with van der Waals surface area (Å²) in [4.78, 5) is 6.26. The molecule has 2 rings (SSSR count). The first-order chi connectivity index (χ1) is 13.3. The van der Waals surface area contributed by atoms with Crippen LogP contribution in [0.15, 0.2) is 35.5 Å². The van der Waals surface area contributed by atoms with Gasteiger partial charge in [-0.15, -0.1) is 0 Å². The van der Waals surface area contributed by atoms with Crippen LogP contribution in [0.5, 0.6) is 11.5 Å². The minimum absolute atomic E-state index is 0.0251. The third-order valence-corrected chi connectivity index (χ3v) is 4.39. The van der Waals surface area contributed by atoms with Gasteiger partial charge in [-0.3, -0.25) is 4.99 Å². The maximum Gasteiger partial charge on any atom is 0.387 e. The van der Waals surface area contributed by atoms with Crippen molar-refractivity contribution in [1.29, 1.82) is 0 Å². The summed E-state index contributed by atoms with van der Waals surface area (Å²) in [5.41, 5.74) is 1.90. The van der Waals surface area contributed by atoms with Gasteiger partial charge in [0.05, 0.1) is 18.7 Å². The zero-order valence-corrected chi connectivity index (χ0v) is 17.1. The van der Waals surface area contributed by atoms with Crippen LogP contribution in [0.2, 0.25) is 5.02 Å². The Labute approximate surface area is 168 Å². The maximum atomic E-state index is 12.5. The number of ether oxygens (including phenoxy) is 2. The second kappa shape index (κ2) is 10.2. The Morgan fingerprint density at radius 2 is 2.07 bits per heavy atom. The van der Waals surface area contributed by atoms with E-state index in [-0.39, 0.29) is 11.5 Å². The van der Waals surface area contributed by atoms with E-state index in [2.05, 4.69) is 15.0 Å². The highest BCUT2D eigenvalue weighted by Crippen LogP contribution is 2.29. The summed E-state index contributed by atoms with van der Waals surface area (Å²) >= 11 is 6.03. The standard InChI is InChI=1S/C19H25ClF2N4O2/c1-23-19(26(3)12-15-10-14(20)11-25(15)2)24-8-7-13-5-6-16(27-4)17(9-13)28-18(21)22/h5-6,9-11,18H,7-8,12H2,1-4H3,(H,23,24). The summed E-state index contributed by atoms with van der Waals surface area (Å²) in [6.45, 7) is -1.69. The van der Waals surface area contributed by atoms with Crippen molar-refractivity contribution in [2.75, 3.05) is 27.7 Å². The van der Waals surface area contributed by atoms with Gasteiger partial charge in [0.15, 0.2) is 17.5 Å². The summed E-state index contributed by atoms with van der Waals surface area (Å²) in [5, 5.41) is 3.96. The summed E-state index contributed by atoms with van der Waals surface area (Å²) < 4.78 is 36.6. The Kier molecular flexibility index (Phi) is 7.92. The van der Waals surface area contributed by atoms with Crippen LogP contribution in [0.4, 0.5) is 8.78 Å². The molecular formula is C19H25ClF2N4O2. The molecule has 0 fully saturated rings. The quantitative estimate of drug-likeness (QED) is 0.530. The molecule has 0 bridgehead atoms. The largest absolute Gasteiger partial charge is 0.493 e. The molecule has 9 heteroatoms. The summed E-state index contributed by atoms with van der Waals surface area (Å²) in [7, 11) is 6.99. The lowest BCUT2D eigenvalue weighted by Crippen LogP contribution is -2.39. The Morgan fingerprint density at radius 1 is 1.32 bits per heavy atom. The molecule has 0 amide bonds. The first-order valence-electron chi connectivity index (χ1n) is 8.68. The minimum atomic E-state index is -2.90. The number of guanidine groups is 1. The number of nitrogens with one attached hydrogen (secondary N) is 1. The van der Waals surface area contributed by atoms with E-state index >= 15 is 0 Å². The van der Waals surface area contributed by atoms with Gasteiger partial charge in [0.1, 0.15) is 0 Å². The van der Waals surface area contributed by atoms with Crippen molar-refractivity contribution in [2.24, 2.45) is 12.0 Å². The Morgan fingerprint density at radius 3 is 2.64 bits per heavy atom. The molecule has 0 spiro atoms. The molecule has 6 nitrogen and oxygen atoms in total. The van der Waals surface area contributed by atoms with E-state index in [1.165, 1.54) is 7.11 Å². The number of hydrogen-bond acceptors (Lipinski definition) is 3. The van der Waals surface area contributed by atoms with Gasteiger partial charge < -0.3 is 24.3 Å². The highest BCUT2D eigenvalue weighted by molar-refractivity contribution is 6.30. The smallest absolute Gasteiger partial charge is 0.387 e. The van der Waals surface area contributed by atoms with E-state index in [0.29, 0.717) is 24.5 Å². The number of benzene rings is 1. The SMILES string of the molecule is CN=C(NCCc1ccc(OC)c(OC(F)F)c1)N(C)Cc1cc(Cl)cn1C. The Bertz CT molecular complexity index is 811. The summed E-state index contributed by atoms with van der Waals surface area (Å²) in [5.74, 6) is 1.01. The van der Waals surface area contributed by atoms with Gasteiger partial charge in [0.25, 0.3) is 0 Å². The maximum absolute atomic E-state index is 12.5. The predicted molar refractivity (Wildman–Crippen MR) is 107 cm³/mol. The van der Waals surface area contributed by atoms with E-state index < -0.39 is 6.61 Å². The molecule has 1 heterocycles. The first-order valence-corrected chi connectivity index (χ1v) is 9.06. The third-order valence-electron chi connectivity index (χ3n) is 4.19. The molecule has 0 radical (unpaired) electrons. The molecule has 28 heavy (non-hydrogen) atoms. The van der Waals surface area contributed by atoms with Crippen molar-refractivity contribution in [3.63, 3.8) is 0 Å². The normalized spacial score (nSPS) is 11.6. The zero-order chi connectivity index (χ0) is 20.7. The molecule has 0 aliphatic rings. The van der Waals surface area contributed by atoms with Crippen molar-refractivity contribution in [1.82, 2.24) is 14.8 Å². The monoisotopic (exact) mass is 414 g/mol. The van der Waals surface area contributed by atoms with E-state index in [1.54, 1.807) is 19.2 Å². The molecule has 2 aromatic rings. The second-order valence-electron chi connectivity index (χ2n) is 6.20. The average Bonchev–Trinajstić information content (AvgIpc) is 2.95. The minimum Gasteiger partial charge on any atom is -0.493 e. The van der Waals surface area contributed by atoms with Crippen molar-refractivity contribution in [3.05, 3.63) is 46.7 Å². The number of halogens is 3. The molecule has 0 saturated heterocycles. The summed E-state index contributed by atoms with van der Waals surface area (Å²) in [6.07, 6.45) is 2.45. The van der Waals surface area contributed by atoms with Gasteiger partial charge in [-0.25, -0.2) is 0 Å². The molecular weight excluding hydrogens is 390 g/mol. The van der Waals surface area contributed by atoms with E-state index in [0.717, 1.165) is 17.2 Å². The fourth-order valence-electron chi connectivity index (χ4n) is 2.81. The van der Waals surface area contributed by atoms with Crippen LogP contribution in [0.1, 0.15) is 11.3 Å². The van der Waals surface area contributed by atoms with Gasteiger partial charge in [-0.2, -0.15) is 8.78 Å². The number of aryl methyl sites for hydroxylation is 1. The van der Waals surface area contributed by atoms with Crippen LogP contribution in [0.25, 0.3) is 0 Å². The number of aromatic nitrogens is 1. The van der Waals surface area contributed by atoms with E-state index in [4.69, 9.17) is 16.3 Å². The fraction of sp³-hybridized carbons (Fsp3) is 0.421. The summed E-state index contributed by atoms with van der Waals surface area (Å²) in [6, 6.07) is 6.91. The lowest BCUT2D eigenvalue weighted by molar-refractivity contribution is -0.0512. The molecule has 154 valence electrons. The van der Waals surface area contributed by atoms with E-state index in [9.17, 15) is 8.78 Å². The molecule has 1 aromatic carbocycles. The van der Waals surface area contributed by atoms with Gasteiger partial charge in [0.2, 0.25) is 0 Å². The molecule has 0 atom stereocenters. The average molecular weight is 415 g/mol. The molecule has 1 aromatic heterocycles. The Balaban J connectivity index is 1.94. The second-order valence-corrected chi connectivity index (χ2v) is 6.64. The van der Waals surface area contributed by atoms with Gasteiger partial charge in [-0.1, -0.05) is 17.7 Å². The molecule has 0 saturated carbocycles. The highest BCUT2D eigenvalue weighted by atomic mass is 35.5. The molecule has 1 N–H and O–H groups in total. The predicted octanol–water partition coefficient (Wildman–Crippen LogP) is 3.54. The topological polar surface area (TPSA) is 51.0 Å². The fourth-order valence-corrected chi connectivity index (χ4v) is 3.08. The first kappa shape index (κ1) is 21.8. The number of nitrogens with zero attached hydrogens (tertiary/aromatic N) is 3. The van der Waals surface area contributed by atoms with Crippen molar-refractivity contribution >= 4 is 17.6 Å².